The number of methoxy groups -OCH3 is 1. The zero-order valence-electron chi connectivity index (χ0n) is 18.6. The third-order valence-corrected chi connectivity index (χ3v) is 6.88. The fraction of sp³-hybridized carbons (Fsp3) is 0.160. The van der Waals surface area contributed by atoms with Gasteiger partial charge in [-0.3, -0.25) is 10.1 Å². The number of thioether (sulfide) groups is 1. The van der Waals surface area contributed by atoms with Crippen LogP contribution in [-0.4, -0.2) is 34.0 Å². The molecule has 7 nitrogen and oxygen atoms in total. The monoisotopic (exact) mass is 487 g/mol. The Morgan fingerprint density at radius 2 is 1.88 bits per heavy atom. The van der Waals surface area contributed by atoms with Crippen molar-refractivity contribution >= 4 is 34.1 Å². The van der Waals surface area contributed by atoms with E-state index in [1.54, 1.807) is 7.11 Å². The third-order valence-electron chi connectivity index (χ3n) is 4.92. The van der Waals surface area contributed by atoms with Gasteiger partial charge in [0, 0.05) is 11.1 Å². The molecule has 0 aliphatic heterocycles. The maximum Gasteiger partial charge on any atom is 0.236 e. The number of amides is 1. The standard InChI is InChI=1S/C25H21N5O2S2/c1-3-23-29-30-25(34-23)28-22(31)15-33-24-20(14-26)19(16-7-5-4-6-8-16)13-21(27-24)17-9-11-18(32-2)12-10-17/h4-13H,3,15H2,1-2H3,(H,28,30,31). The Morgan fingerprint density at radius 1 is 1.12 bits per heavy atom. The van der Waals surface area contributed by atoms with Crippen molar-refractivity contribution in [2.45, 2.75) is 18.4 Å². The normalized spacial score (nSPS) is 10.5. The molecule has 1 amide bonds. The van der Waals surface area contributed by atoms with Crippen LogP contribution in [0.15, 0.2) is 65.7 Å². The van der Waals surface area contributed by atoms with Crippen molar-refractivity contribution < 1.29 is 9.53 Å². The number of aryl methyl sites for hydroxylation is 1. The van der Waals surface area contributed by atoms with Crippen LogP contribution < -0.4 is 10.1 Å². The summed E-state index contributed by atoms with van der Waals surface area (Å²) in [6.07, 6.45) is 0.762. The molecule has 0 bridgehead atoms. The number of carbonyl (C=O) groups is 1. The Hall–Kier alpha value is -3.74. The maximum atomic E-state index is 12.5. The van der Waals surface area contributed by atoms with Crippen molar-refractivity contribution in [2.24, 2.45) is 0 Å². The minimum atomic E-state index is -0.231. The number of carbonyl (C=O) groups excluding carboxylic acids is 1. The quantitative estimate of drug-likeness (QED) is 0.330. The Morgan fingerprint density at radius 3 is 2.53 bits per heavy atom. The lowest BCUT2D eigenvalue weighted by Crippen LogP contribution is -2.14. The average Bonchev–Trinajstić information content (AvgIpc) is 3.34. The zero-order chi connectivity index (χ0) is 23.9. The summed E-state index contributed by atoms with van der Waals surface area (Å²) in [5, 5.41) is 22.6. The zero-order valence-corrected chi connectivity index (χ0v) is 20.2. The van der Waals surface area contributed by atoms with Crippen LogP contribution in [0.3, 0.4) is 0 Å². The van der Waals surface area contributed by atoms with Crippen molar-refractivity contribution in [1.29, 1.82) is 5.26 Å². The van der Waals surface area contributed by atoms with Crippen LogP contribution in [0.25, 0.3) is 22.4 Å². The fourth-order valence-electron chi connectivity index (χ4n) is 3.23. The Balaban J connectivity index is 1.66. The van der Waals surface area contributed by atoms with E-state index < -0.39 is 0 Å². The molecule has 0 saturated carbocycles. The predicted octanol–water partition coefficient (Wildman–Crippen LogP) is 5.44. The van der Waals surface area contributed by atoms with E-state index in [4.69, 9.17) is 9.72 Å². The summed E-state index contributed by atoms with van der Waals surface area (Å²) in [6, 6.07) is 21.5. The van der Waals surface area contributed by atoms with Gasteiger partial charge >= 0.3 is 0 Å². The van der Waals surface area contributed by atoms with Crippen molar-refractivity contribution in [2.75, 3.05) is 18.2 Å². The lowest BCUT2D eigenvalue weighted by molar-refractivity contribution is -0.113. The molecule has 4 aromatic rings. The average molecular weight is 488 g/mol. The first-order chi connectivity index (χ1) is 16.6. The van der Waals surface area contributed by atoms with E-state index in [0.29, 0.717) is 21.4 Å². The van der Waals surface area contributed by atoms with Gasteiger partial charge in [0.15, 0.2) is 0 Å². The van der Waals surface area contributed by atoms with E-state index in [2.05, 4.69) is 21.6 Å². The number of hydrogen-bond donors (Lipinski definition) is 1. The number of nitriles is 1. The van der Waals surface area contributed by atoms with E-state index in [1.807, 2.05) is 67.6 Å². The molecule has 34 heavy (non-hydrogen) atoms. The second-order valence-electron chi connectivity index (χ2n) is 7.13. The number of nitrogens with zero attached hydrogens (tertiary/aromatic N) is 4. The van der Waals surface area contributed by atoms with Crippen LogP contribution in [0, 0.1) is 11.3 Å². The topological polar surface area (TPSA) is 101 Å². The summed E-state index contributed by atoms with van der Waals surface area (Å²) in [4.78, 5) is 17.3. The van der Waals surface area contributed by atoms with E-state index in [-0.39, 0.29) is 11.7 Å². The van der Waals surface area contributed by atoms with Crippen LogP contribution >= 0.6 is 23.1 Å². The van der Waals surface area contributed by atoms with Crippen LogP contribution in [0.5, 0.6) is 5.75 Å². The van der Waals surface area contributed by atoms with E-state index >= 15 is 0 Å². The van der Waals surface area contributed by atoms with Gasteiger partial charge in [0.25, 0.3) is 0 Å². The van der Waals surface area contributed by atoms with E-state index in [9.17, 15) is 10.1 Å². The van der Waals surface area contributed by atoms with Gasteiger partial charge in [0.1, 0.15) is 21.9 Å². The molecule has 0 radical (unpaired) electrons. The number of ether oxygens (including phenoxy) is 1. The number of anilines is 1. The molecule has 0 fully saturated rings. The Bertz CT molecular complexity index is 1330. The van der Waals surface area contributed by atoms with Crippen molar-refractivity contribution in [1.82, 2.24) is 15.2 Å². The van der Waals surface area contributed by atoms with Gasteiger partial charge in [0.05, 0.1) is 24.1 Å². The molecule has 9 heteroatoms. The van der Waals surface area contributed by atoms with Crippen molar-refractivity contribution in [3.8, 4) is 34.2 Å². The van der Waals surface area contributed by atoms with Crippen LogP contribution in [0.1, 0.15) is 17.5 Å². The van der Waals surface area contributed by atoms with Crippen molar-refractivity contribution in [3.63, 3.8) is 0 Å². The molecule has 0 spiro atoms. The van der Waals surface area contributed by atoms with Gasteiger partial charge in [-0.05, 0) is 42.3 Å². The maximum absolute atomic E-state index is 12.5. The summed E-state index contributed by atoms with van der Waals surface area (Å²) < 4.78 is 5.26. The molecule has 0 aliphatic rings. The first-order valence-corrected chi connectivity index (χ1v) is 12.3. The summed E-state index contributed by atoms with van der Waals surface area (Å²) in [7, 11) is 1.62. The van der Waals surface area contributed by atoms with Gasteiger partial charge < -0.3 is 4.74 Å². The first kappa shape index (κ1) is 23.4. The van der Waals surface area contributed by atoms with Crippen molar-refractivity contribution in [3.05, 3.63) is 71.2 Å². The molecule has 2 aromatic heterocycles. The highest BCUT2D eigenvalue weighted by Crippen LogP contribution is 2.34. The van der Waals surface area contributed by atoms with Crippen LogP contribution in [0.4, 0.5) is 5.13 Å². The molecule has 0 saturated heterocycles. The summed E-state index contributed by atoms with van der Waals surface area (Å²) in [6.45, 7) is 1.98. The molecule has 2 aromatic carbocycles. The lowest BCUT2D eigenvalue weighted by Gasteiger charge is -2.13. The predicted molar refractivity (Wildman–Crippen MR) is 135 cm³/mol. The Labute approximate surface area is 205 Å². The minimum Gasteiger partial charge on any atom is -0.497 e. The van der Waals surface area contributed by atoms with Gasteiger partial charge in [-0.1, -0.05) is 60.4 Å². The molecule has 0 atom stereocenters. The largest absolute Gasteiger partial charge is 0.497 e. The number of nitrogens with one attached hydrogen (secondary N) is 1. The molecule has 2 heterocycles. The van der Waals surface area contributed by atoms with Crippen LogP contribution in [-0.2, 0) is 11.2 Å². The highest BCUT2D eigenvalue weighted by molar-refractivity contribution is 8.00. The van der Waals surface area contributed by atoms with Gasteiger partial charge in [-0.15, -0.1) is 10.2 Å². The molecule has 1 N–H and O–H groups in total. The van der Waals surface area contributed by atoms with Gasteiger partial charge in [-0.25, -0.2) is 4.98 Å². The van der Waals surface area contributed by atoms with Crippen LogP contribution in [0.2, 0.25) is 0 Å². The number of pyridine rings is 1. The number of benzene rings is 2. The van der Waals surface area contributed by atoms with E-state index in [1.165, 1.54) is 23.1 Å². The lowest BCUT2D eigenvalue weighted by atomic mass is 9.99. The van der Waals surface area contributed by atoms with Gasteiger partial charge in [-0.2, -0.15) is 5.26 Å². The molecular weight excluding hydrogens is 466 g/mol. The molecular formula is C25H21N5O2S2. The highest BCUT2D eigenvalue weighted by atomic mass is 32.2. The summed E-state index contributed by atoms with van der Waals surface area (Å²) in [5.41, 5.74) is 3.70. The second kappa shape index (κ2) is 10.9. The molecule has 4 rings (SSSR count). The smallest absolute Gasteiger partial charge is 0.236 e. The molecule has 0 unspecified atom stereocenters. The SMILES string of the molecule is CCc1nnc(NC(=O)CSc2nc(-c3ccc(OC)cc3)cc(-c3ccccc3)c2C#N)s1. The number of aromatic nitrogens is 3. The first-order valence-electron chi connectivity index (χ1n) is 10.5. The number of rotatable bonds is 8. The summed E-state index contributed by atoms with van der Waals surface area (Å²) in [5.74, 6) is 0.601. The summed E-state index contributed by atoms with van der Waals surface area (Å²) >= 11 is 2.57. The minimum absolute atomic E-state index is 0.0863. The van der Waals surface area contributed by atoms with E-state index in [0.717, 1.165) is 33.9 Å². The highest BCUT2D eigenvalue weighted by Gasteiger charge is 2.17. The third kappa shape index (κ3) is 5.42. The fourth-order valence-corrected chi connectivity index (χ4v) is 4.72. The number of hydrogen-bond acceptors (Lipinski definition) is 8. The Kier molecular flexibility index (Phi) is 7.52. The molecule has 0 aliphatic carbocycles. The van der Waals surface area contributed by atoms with Gasteiger partial charge in [0.2, 0.25) is 11.0 Å². The second-order valence-corrected chi connectivity index (χ2v) is 9.16. The molecule has 170 valence electrons.